The zero-order valence-corrected chi connectivity index (χ0v) is 17.8. The molecular formula is C23H23N3O3S. The molecule has 30 heavy (non-hydrogen) atoms. The topological polar surface area (TPSA) is 65.8 Å². The van der Waals surface area contributed by atoms with Gasteiger partial charge in [-0.2, -0.15) is 5.26 Å². The van der Waals surface area contributed by atoms with Gasteiger partial charge in [0.1, 0.15) is 11.5 Å². The summed E-state index contributed by atoms with van der Waals surface area (Å²) in [5.41, 5.74) is 2.45. The number of carbonyl (C=O) groups excluding carboxylic acids is 1. The van der Waals surface area contributed by atoms with E-state index in [9.17, 15) is 10.1 Å². The smallest absolute Gasteiger partial charge is 0.229 e. The highest BCUT2D eigenvalue weighted by molar-refractivity contribution is 8.03. The lowest BCUT2D eigenvalue weighted by atomic mass is 9.86. The maximum absolute atomic E-state index is 13.1. The Morgan fingerprint density at radius 2 is 1.90 bits per heavy atom. The number of benzene rings is 2. The van der Waals surface area contributed by atoms with Gasteiger partial charge in [0.2, 0.25) is 5.91 Å². The van der Waals surface area contributed by atoms with E-state index in [1.165, 1.54) is 11.8 Å². The monoisotopic (exact) mass is 421 g/mol. The lowest BCUT2D eigenvalue weighted by Crippen LogP contribution is -2.47. The van der Waals surface area contributed by atoms with Crippen LogP contribution in [0.5, 0.6) is 11.5 Å². The van der Waals surface area contributed by atoms with Crippen LogP contribution in [0.4, 0.5) is 5.69 Å². The van der Waals surface area contributed by atoms with Gasteiger partial charge in [-0.1, -0.05) is 42.1 Å². The van der Waals surface area contributed by atoms with Gasteiger partial charge >= 0.3 is 0 Å². The normalized spacial score (nSPS) is 18.7. The third kappa shape index (κ3) is 3.59. The van der Waals surface area contributed by atoms with Gasteiger partial charge in [-0.3, -0.25) is 9.69 Å². The molecule has 0 spiro atoms. The molecule has 0 aromatic heterocycles. The number of fused-ring (bicyclic) bond motifs is 1. The number of nitriles is 1. The van der Waals surface area contributed by atoms with E-state index >= 15 is 0 Å². The van der Waals surface area contributed by atoms with Crippen molar-refractivity contribution in [1.82, 2.24) is 4.90 Å². The summed E-state index contributed by atoms with van der Waals surface area (Å²) in [5.74, 6) is 1.84. The lowest BCUT2D eigenvalue weighted by molar-refractivity contribution is -0.129. The van der Waals surface area contributed by atoms with Crippen LogP contribution in [-0.2, 0) is 4.79 Å². The van der Waals surface area contributed by atoms with Gasteiger partial charge < -0.3 is 14.4 Å². The van der Waals surface area contributed by atoms with E-state index < -0.39 is 0 Å². The van der Waals surface area contributed by atoms with Crippen LogP contribution in [0.25, 0.3) is 0 Å². The van der Waals surface area contributed by atoms with Crippen LogP contribution in [0.2, 0.25) is 0 Å². The van der Waals surface area contributed by atoms with Crippen LogP contribution in [-0.4, -0.2) is 37.1 Å². The number of nitrogens with zero attached hydrogens (tertiary/aromatic N) is 3. The summed E-state index contributed by atoms with van der Waals surface area (Å²) < 4.78 is 11.3. The van der Waals surface area contributed by atoms with E-state index in [0.717, 1.165) is 22.0 Å². The number of allylic oxidation sites excluding steroid dienone is 1. The minimum atomic E-state index is -0.292. The minimum absolute atomic E-state index is 0.00555. The third-order valence-corrected chi connectivity index (χ3v) is 6.47. The number of methoxy groups -OCH3 is 1. The highest BCUT2D eigenvalue weighted by Crippen LogP contribution is 2.45. The average molecular weight is 422 g/mol. The molecule has 0 bridgehead atoms. The Kier molecular flexibility index (Phi) is 5.86. The largest absolute Gasteiger partial charge is 0.496 e. The van der Waals surface area contributed by atoms with Gasteiger partial charge in [0, 0.05) is 17.9 Å². The second-order valence-corrected chi connectivity index (χ2v) is 7.94. The molecule has 2 heterocycles. The van der Waals surface area contributed by atoms with Crippen molar-refractivity contribution in [2.45, 2.75) is 19.3 Å². The summed E-state index contributed by atoms with van der Waals surface area (Å²) in [4.78, 5) is 17.0. The molecule has 0 N–H and O–H groups in total. The Morgan fingerprint density at radius 1 is 1.17 bits per heavy atom. The van der Waals surface area contributed by atoms with E-state index in [0.29, 0.717) is 30.5 Å². The molecule has 2 aliphatic heterocycles. The zero-order chi connectivity index (χ0) is 21.1. The van der Waals surface area contributed by atoms with E-state index in [-0.39, 0.29) is 18.2 Å². The third-order valence-electron chi connectivity index (χ3n) is 5.31. The number of para-hydroxylation sites is 3. The molecule has 0 unspecified atom stereocenters. The quantitative estimate of drug-likeness (QED) is 0.717. The first-order chi connectivity index (χ1) is 14.7. The second kappa shape index (κ2) is 8.72. The Hall–Kier alpha value is -3.11. The summed E-state index contributed by atoms with van der Waals surface area (Å²) in [6.45, 7) is 2.92. The Bertz CT molecular complexity index is 1030. The molecule has 1 amide bonds. The van der Waals surface area contributed by atoms with Crippen molar-refractivity contribution in [2.75, 3.05) is 31.2 Å². The number of anilines is 1. The molecule has 1 atom stereocenters. The summed E-state index contributed by atoms with van der Waals surface area (Å²) in [6.07, 6.45) is 0.244. The highest BCUT2D eigenvalue weighted by Gasteiger charge is 2.39. The standard InChI is InChI=1S/C23H23N3O3S/c1-3-29-21-11-7-5-9-19(21)25-14-26-22(27)12-17(18(13-24)23(26)30-15-25)16-8-4-6-10-20(16)28-2/h4-11,17H,3,12,14-15H2,1-2H3/t17-/m1/s1. The molecule has 154 valence electrons. The molecule has 6 nitrogen and oxygen atoms in total. The lowest BCUT2D eigenvalue weighted by Gasteiger charge is -2.42. The van der Waals surface area contributed by atoms with Gasteiger partial charge in [-0.25, -0.2) is 0 Å². The van der Waals surface area contributed by atoms with Gasteiger partial charge in [0.05, 0.1) is 48.6 Å². The number of amides is 1. The second-order valence-electron chi connectivity index (χ2n) is 7.01. The zero-order valence-electron chi connectivity index (χ0n) is 17.0. The molecule has 1 fully saturated rings. The molecule has 2 aliphatic rings. The van der Waals surface area contributed by atoms with Crippen molar-refractivity contribution in [3.05, 3.63) is 64.7 Å². The predicted molar refractivity (Wildman–Crippen MR) is 117 cm³/mol. The van der Waals surface area contributed by atoms with Crippen molar-refractivity contribution in [3.8, 4) is 17.6 Å². The molecule has 4 rings (SSSR count). The minimum Gasteiger partial charge on any atom is -0.496 e. The summed E-state index contributed by atoms with van der Waals surface area (Å²) in [5, 5.41) is 10.7. The van der Waals surface area contributed by atoms with Crippen LogP contribution >= 0.6 is 11.8 Å². The van der Waals surface area contributed by atoms with E-state index in [4.69, 9.17) is 9.47 Å². The summed E-state index contributed by atoms with van der Waals surface area (Å²) in [6, 6.07) is 17.8. The maximum Gasteiger partial charge on any atom is 0.229 e. The fraction of sp³-hybridized carbons (Fsp3) is 0.304. The Morgan fingerprint density at radius 3 is 2.63 bits per heavy atom. The molecule has 1 saturated heterocycles. The molecular weight excluding hydrogens is 398 g/mol. The van der Waals surface area contributed by atoms with E-state index in [1.54, 1.807) is 12.0 Å². The molecule has 7 heteroatoms. The maximum atomic E-state index is 13.1. The van der Waals surface area contributed by atoms with E-state index in [1.807, 2.05) is 55.5 Å². The number of carbonyl (C=O) groups is 1. The Balaban J connectivity index is 1.68. The van der Waals surface area contributed by atoms with Crippen LogP contribution < -0.4 is 14.4 Å². The number of rotatable bonds is 5. The first kappa shape index (κ1) is 20.2. The molecule has 0 aliphatic carbocycles. The van der Waals surface area contributed by atoms with Crippen LogP contribution in [0.1, 0.15) is 24.8 Å². The molecule has 0 radical (unpaired) electrons. The van der Waals surface area contributed by atoms with Crippen molar-refractivity contribution in [2.24, 2.45) is 0 Å². The van der Waals surface area contributed by atoms with Crippen LogP contribution in [0.3, 0.4) is 0 Å². The SMILES string of the molecule is CCOc1ccccc1N1CSC2=C(C#N)[C@@H](c3ccccc3OC)CC(=O)N2C1. The highest BCUT2D eigenvalue weighted by atomic mass is 32.2. The number of ether oxygens (including phenoxy) is 2. The summed E-state index contributed by atoms with van der Waals surface area (Å²) in [7, 11) is 1.61. The van der Waals surface area contributed by atoms with Crippen LogP contribution in [0, 0.1) is 11.3 Å². The summed E-state index contributed by atoms with van der Waals surface area (Å²) >= 11 is 1.52. The van der Waals surface area contributed by atoms with Crippen molar-refractivity contribution < 1.29 is 14.3 Å². The van der Waals surface area contributed by atoms with Gasteiger partial charge in [-0.15, -0.1) is 0 Å². The number of thioether (sulfide) groups is 1. The fourth-order valence-electron chi connectivity index (χ4n) is 3.93. The number of hydrogen-bond acceptors (Lipinski definition) is 6. The molecule has 0 saturated carbocycles. The molecule has 2 aromatic rings. The van der Waals surface area contributed by atoms with Crippen molar-refractivity contribution >= 4 is 23.4 Å². The number of hydrogen-bond donors (Lipinski definition) is 0. The van der Waals surface area contributed by atoms with Crippen LogP contribution in [0.15, 0.2) is 59.1 Å². The van der Waals surface area contributed by atoms with Crippen molar-refractivity contribution in [1.29, 1.82) is 5.26 Å². The van der Waals surface area contributed by atoms with Gasteiger partial charge in [0.15, 0.2) is 0 Å². The van der Waals surface area contributed by atoms with Gasteiger partial charge in [-0.05, 0) is 25.1 Å². The van der Waals surface area contributed by atoms with Gasteiger partial charge in [0.25, 0.3) is 0 Å². The van der Waals surface area contributed by atoms with E-state index in [2.05, 4.69) is 11.0 Å². The predicted octanol–water partition coefficient (Wildman–Crippen LogP) is 4.31. The first-order valence-electron chi connectivity index (χ1n) is 9.85. The fourth-order valence-corrected chi connectivity index (χ4v) is 5.09. The average Bonchev–Trinajstić information content (AvgIpc) is 2.79. The Labute approximate surface area is 180 Å². The molecule has 2 aromatic carbocycles. The first-order valence-corrected chi connectivity index (χ1v) is 10.8. The van der Waals surface area contributed by atoms with Crippen molar-refractivity contribution in [3.63, 3.8) is 0 Å².